The second-order valence-corrected chi connectivity index (χ2v) is 4.57. The van der Waals surface area contributed by atoms with Crippen molar-refractivity contribution in [2.75, 3.05) is 32.9 Å². The van der Waals surface area contributed by atoms with Crippen molar-refractivity contribution in [3.05, 3.63) is 30.0 Å². The highest BCUT2D eigenvalue weighted by Gasteiger charge is 2.11. The van der Waals surface area contributed by atoms with Crippen LogP contribution in [0.1, 0.15) is 10.4 Å². The van der Waals surface area contributed by atoms with Gasteiger partial charge in [-0.3, -0.25) is 4.79 Å². The minimum Gasteiger partial charge on any atom is -0.399 e. The van der Waals surface area contributed by atoms with Gasteiger partial charge >= 0.3 is 0 Å². The highest BCUT2D eigenvalue weighted by molar-refractivity contribution is 6.07. The first kappa shape index (κ1) is 12.4. The molecule has 4 N–H and O–H groups in total. The molecule has 0 saturated carbocycles. The number of rotatable bonds is 4. The number of hydrogen-bond acceptors (Lipinski definition) is 3. The van der Waals surface area contributed by atoms with E-state index >= 15 is 0 Å². The maximum atomic E-state index is 12.0. The van der Waals surface area contributed by atoms with Crippen LogP contribution in [-0.2, 0) is 0 Å². The van der Waals surface area contributed by atoms with Gasteiger partial charge in [-0.1, -0.05) is 0 Å². The maximum absolute atomic E-state index is 12.0. The number of likely N-dealkylation sites (N-methyl/N-ethyl adjacent to an activating group) is 1. The van der Waals surface area contributed by atoms with Gasteiger partial charge < -0.3 is 20.9 Å². The average Bonchev–Trinajstić information content (AvgIpc) is 2.71. The number of benzene rings is 1. The molecule has 0 radical (unpaired) electrons. The number of carbonyl (C=O) groups is 1. The van der Waals surface area contributed by atoms with E-state index in [9.17, 15) is 4.79 Å². The number of aromatic amines is 1. The minimum absolute atomic E-state index is 0.0622. The lowest BCUT2D eigenvalue weighted by molar-refractivity contribution is 0.0952. The zero-order valence-electron chi connectivity index (χ0n) is 10.7. The highest BCUT2D eigenvalue weighted by Crippen LogP contribution is 2.20. The number of nitrogen functional groups attached to an aromatic ring is 1. The number of nitrogens with one attached hydrogen (secondary N) is 2. The third-order valence-electron chi connectivity index (χ3n) is 2.80. The number of anilines is 1. The van der Waals surface area contributed by atoms with Crippen LogP contribution in [-0.4, -0.2) is 43.0 Å². The number of fused-ring (bicyclic) bond motifs is 1. The normalized spacial score (nSPS) is 11.1. The molecule has 2 rings (SSSR count). The molecule has 1 aromatic heterocycles. The van der Waals surface area contributed by atoms with Gasteiger partial charge in [0.05, 0.1) is 5.56 Å². The Bertz CT molecular complexity index is 559. The van der Waals surface area contributed by atoms with E-state index in [4.69, 9.17) is 5.73 Å². The van der Waals surface area contributed by atoms with Crippen molar-refractivity contribution in [3.8, 4) is 0 Å². The summed E-state index contributed by atoms with van der Waals surface area (Å²) in [6.45, 7) is 1.45. The summed E-state index contributed by atoms with van der Waals surface area (Å²) < 4.78 is 0. The molecular formula is C13H18N4O. The average molecular weight is 246 g/mol. The van der Waals surface area contributed by atoms with Crippen LogP contribution in [0.5, 0.6) is 0 Å². The fourth-order valence-corrected chi connectivity index (χ4v) is 1.82. The highest BCUT2D eigenvalue weighted by atomic mass is 16.1. The molecule has 0 fully saturated rings. The molecule has 0 spiro atoms. The summed E-state index contributed by atoms with van der Waals surface area (Å²) in [6.07, 6.45) is 1.72. The van der Waals surface area contributed by atoms with E-state index in [0.717, 1.165) is 17.4 Å². The summed E-state index contributed by atoms with van der Waals surface area (Å²) in [7, 11) is 3.95. The fraction of sp³-hybridized carbons (Fsp3) is 0.308. The van der Waals surface area contributed by atoms with Gasteiger partial charge in [-0.05, 0) is 32.3 Å². The van der Waals surface area contributed by atoms with E-state index in [1.165, 1.54) is 0 Å². The van der Waals surface area contributed by atoms with Crippen molar-refractivity contribution < 1.29 is 4.79 Å². The monoisotopic (exact) mass is 246 g/mol. The standard InChI is InChI=1S/C13H18N4O/c1-17(2)6-5-15-13(18)11-8-16-12-7-9(14)3-4-10(11)12/h3-4,7-8,16H,5-6,14H2,1-2H3,(H,15,18). The van der Waals surface area contributed by atoms with Crippen LogP contribution in [0.15, 0.2) is 24.4 Å². The third-order valence-corrected chi connectivity index (χ3v) is 2.80. The van der Waals surface area contributed by atoms with Crippen molar-refractivity contribution in [3.63, 3.8) is 0 Å². The molecule has 0 aliphatic carbocycles. The molecular weight excluding hydrogens is 228 g/mol. The lowest BCUT2D eigenvalue weighted by Gasteiger charge is -2.09. The van der Waals surface area contributed by atoms with Gasteiger partial charge in [-0.25, -0.2) is 0 Å². The Morgan fingerprint density at radius 1 is 1.44 bits per heavy atom. The first-order valence-electron chi connectivity index (χ1n) is 5.87. The first-order valence-corrected chi connectivity index (χ1v) is 5.87. The molecule has 5 nitrogen and oxygen atoms in total. The lowest BCUT2D eigenvalue weighted by atomic mass is 10.1. The third kappa shape index (κ3) is 2.62. The Kier molecular flexibility index (Phi) is 3.53. The second kappa shape index (κ2) is 5.10. The smallest absolute Gasteiger partial charge is 0.253 e. The van der Waals surface area contributed by atoms with Crippen LogP contribution in [0, 0.1) is 0 Å². The number of nitrogens with zero attached hydrogens (tertiary/aromatic N) is 1. The van der Waals surface area contributed by atoms with Gasteiger partial charge in [0.2, 0.25) is 0 Å². The zero-order chi connectivity index (χ0) is 13.1. The SMILES string of the molecule is CN(C)CCNC(=O)c1c[nH]c2cc(N)ccc12. The Morgan fingerprint density at radius 3 is 2.94 bits per heavy atom. The molecule has 0 atom stereocenters. The number of hydrogen-bond donors (Lipinski definition) is 3. The lowest BCUT2D eigenvalue weighted by Crippen LogP contribution is -2.31. The Morgan fingerprint density at radius 2 is 2.22 bits per heavy atom. The van der Waals surface area contributed by atoms with E-state index in [-0.39, 0.29) is 5.91 Å². The Labute approximate surface area is 106 Å². The largest absolute Gasteiger partial charge is 0.399 e. The summed E-state index contributed by atoms with van der Waals surface area (Å²) in [4.78, 5) is 17.1. The van der Waals surface area contributed by atoms with E-state index in [1.54, 1.807) is 12.3 Å². The fourth-order valence-electron chi connectivity index (χ4n) is 1.82. The molecule has 1 aromatic carbocycles. The van der Waals surface area contributed by atoms with Gasteiger partial charge in [-0.15, -0.1) is 0 Å². The van der Waals surface area contributed by atoms with Crippen molar-refractivity contribution in [1.29, 1.82) is 0 Å². The van der Waals surface area contributed by atoms with Crippen molar-refractivity contribution in [2.45, 2.75) is 0 Å². The van der Waals surface area contributed by atoms with Crippen LogP contribution < -0.4 is 11.1 Å². The van der Waals surface area contributed by atoms with E-state index in [0.29, 0.717) is 17.8 Å². The molecule has 1 heterocycles. The summed E-state index contributed by atoms with van der Waals surface area (Å²) in [5.74, 6) is -0.0622. The Balaban J connectivity index is 2.13. The van der Waals surface area contributed by atoms with E-state index in [1.807, 2.05) is 31.1 Å². The van der Waals surface area contributed by atoms with Crippen LogP contribution in [0.4, 0.5) is 5.69 Å². The van der Waals surface area contributed by atoms with Crippen LogP contribution in [0.2, 0.25) is 0 Å². The van der Waals surface area contributed by atoms with Crippen molar-refractivity contribution >= 4 is 22.5 Å². The number of nitrogens with two attached hydrogens (primary N) is 1. The van der Waals surface area contributed by atoms with E-state index < -0.39 is 0 Å². The minimum atomic E-state index is -0.0622. The molecule has 0 aliphatic rings. The predicted molar refractivity (Wildman–Crippen MR) is 73.6 cm³/mol. The summed E-state index contributed by atoms with van der Waals surface area (Å²) in [6, 6.07) is 5.49. The summed E-state index contributed by atoms with van der Waals surface area (Å²) in [5.41, 5.74) is 7.92. The number of H-pyrrole nitrogens is 1. The summed E-state index contributed by atoms with van der Waals surface area (Å²) in [5, 5.41) is 3.79. The molecule has 1 amide bonds. The number of aromatic nitrogens is 1. The number of carbonyl (C=O) groups excluding carboxylic acids is 1. The van der Waals surface area contributed by atoms with Gasteiger partial charge in [0.1, 0.15) is 0 Å². The van der Waals surface area contributed by atoms with Gasteiger partial charge in [0.25, 0.3) is 5.91 Å². The topological polar surface area (TPSA) is 74.2 Å². The van der Waals surface area contributed by atoms with Crippen molar-refractivity contribution in [2.24, 2.45) is 0 Å². The van der Waals surface area contributed by atoms with Crippen LogP contribution in [0.3, 0.4) is 0 Å². The Hall–Kier alpha value is -2.01. The van der Waals surface area contributed by atoms with Gasteiger partial charge in [0.15, 0.2) is 0 Å². The molecule has 5 heteroatoms. The molecule has 96 valence electrons. The first-order chi connectivity index (χ1) is 8.58. The molecule has 0 aliphatic heterocycles. The van der Waals surface area contributed by atoms with E-state index in [2.05, 4.69) is 10.3 Å². The summed E-state index contributed by atoms with van der Waals surface area (Å²) >= 11 is 0. The number of amides is 1. The molecule has 0 saturated heterocycles. The van der Waals surface area contributed by atoms with Crippen LogP contribution >= 0.6 is 0 Å². The zero-order valence-corrected chi connectivity index (χ0v) is 10.7. The molecule has 0 unspecified atom stereocenters. The molecule has 0 bridgehead atoms. The molecule has 2 aromatic rings. The van der Waals surface area contributed by atoms with Crippen LogP contribution in [0.25, 0.3) is 10.9 Å². The molecule has 18 heavy (non-hydrogen) atoms. The van der Waals surface area contributed by atoms with Gasteiger partial charge in [-0.2, -0.15) is 0 Å². The second-order valence-electron chi connectivity index (χ2n) is 4.57. The van der Waals surface area contributed by atoms with Gasteiger partial charge in [0, 0.05) is 35.9 Å². The quantitative estimate of drug-likeness (QED) is 0.706. The maximum Gasteiger partial charge on any atom is 0.253 e. The predicted octanol–water partition coefficient (Wildman–Crippen LogP) is 1.04. The van der Waals surface area contributed by atoms with Crippen molar-refractivity contribution in [1.82, 2.24) is 15.2 Å².